The van der Waals surface area contributed by atoms with Crippen molar-refractivity contribution in [2.24, 2.45) is 0 Å². The molecule has 0 aliphatic heterocycles. The molecular formula is C18H13ClN2O2S. The Balaban J connectivity index is 1.77. The predicted molar refractivity (Wildman–Crippen MR) is 101 cm³/mol. The van der Waals surface area contributed by atoms with Crippen molar-refractivity contribution in [1.29, 1.82) is 0 Å². The van der Waals surface area contributed by atoms with Crippen LogP contribution in [0.3, 0.4) is 0 Å². The summed E-state index contributed by atoms with van der Waals surface area (Å²) in [5.74, 6) is -0.149. The van der Waals surface area contributed by atoms with Crippen molar-refractivity contribution in [3.63, 3.8) is 0 Å². The van der Waals surface area contributed by atoms with Gasteiger partial charge in [-0.1, -0.05) is 29.8 Å². The Morgan fingerprint density at radius 1 is 1.04 bits per heavy atom. The van der Waals surface area contributed by atoms with Gasteiger partial charge in [-0.05, 0) is 60.1 Å². The number of hydrogen-bond donors (Lipinski definition) is 3. The lowest BCUT2D eigenvalue weighted by molar-refractivity contribution is 0.0977. The number of carbonyl (C=O) groups is 1. The first-order chi connectivity index (χ1) is 11.5. The fourth-order valence-corrected chi connectivity index (χ4v) is 2.73. The van der Waals surface area contributed by atoms with E-state index in [2.05, 4.69) is 10.6 Å². The second kappa shape index (κ2) is 6.86. The molecule has 0 bridgehead atoms. The molecule has 120 valence electrons. The second-order valence-corrected chi connectivity index (χ2v) is 5.97. The maximum atomic E-state index is 12.2. The van der Waals surface area contributed by atoms with Crippen LogP contribution < -0.4 is 10.6 Å². The average Bonchev–Trinajstić information content (AvgIpc) is 2.54. The summed E-state index contributed by atoms with van der Waals surface area (Å²) in [6.45, 7) is 0. The van der Waals surface area contributed by atoms with E-state index >= 15 is 0 Å². The van der Waals surface area contributed by atoms with E-state index in [0.717, 1.165) is 16.5 Å². The van der Waals surface area contributed by atoms with Crippen LogP contribution in [0, 0.1) is 0 Å². The molecule has 3 aromatic rings. The second-order valence-electron chi connectivity index (χ2n) is 5.13. The van der Waals surface area contributed by atoms with E-state index in [0.29, 0.717) is 10.6 Å². The maximum absolute atomic E-state index is 12.2. The van der Waals surface area contributed by atoms with E-state index in [4.69, 9.17) is 23.8 Å². The molecule has 3 aromatic carbocycles. The standard InChI is InChI=1S/C18H13ClN2O2S/c19-13-5-1-4-12(9-13)17(23)21-18(24)20-16-6-2-3-11-10-14(22)7-8-15(11)16/h1-10,22H,(H2,20,21,23,24). The largest absolute Gasteiger partial charge is 0.508 e. The van der Waals surface area contributed by atoms with Crippen LogP contribution in [-0.4, -0.2) is 16.1 Å². The SMILES string of the molecule is O=C(NC(=S)Nc1cccc2cc(O)ccc12)c1cccc(Cl)c1. The van der Waals surface area contributed by atoms with Crippen molar-refractivity contribution in [2.45, 2.75) is 0 Å². The molecule has 0 aliphatic carbocycles. The molecule has 0 saturated carbocycles. The molecule has 3 rings (SSSR count). The summed E-state index contributed by atoms with van der Waals surface area (Å²) >= 11 is 11.1. The summed E-state index contributed by atoms with van der Waals surface area (Å²) < 4.78 is 0. The van der Waals surface area contributed by atoms with Crippen molar-refractivity contribution in [3.05, 3.63) is 71.2 Å². The van der Waals surface area contributed by atoms with Gasteiger partial charge < -0.3 is 10.4 Å². The van der Waals surface area contributed by atoms with Gasteiger partial charge in [0.1, 0.15) is 5.75 Å². The summed E-state index contributed by atoms with van der Waals surface area (Å²) in [6.07, 6.45) is 0. The number of amides is 1. The van der Waals surface area contributed by atoms with Crippen molar-refractivity contribution in [2.75, 3.05) is 5.32 Å². The van der Waals surface area contributed by atoms with Crippen LogP contribution in [0.25, 0.3) is 10.8 Å². The van der Waals surface area contributed by atoms with Gasteiger partial charge in [-0.3, -0.25) is 10.1 Å². The number of nitrogens with one attached hydrogen (secondary N) is 2. The van der Waals surface area contributed by atoms with Crippen LogP contribution in [0.4, 0.5) is 5.69 Å². The number of halogens is 1. The van der Waals surface area contributed by atoms with Gasteiger partial charge in [-0.15, -0.1) is 0 Å². The summed E-state index contributed by atoms with van der Waals surface area (Å²) in [5, 5.41) is 17.6. The first kappa shape index (κ1) is 16.2. The van der Waals surface area contributed by atoms with Gasteiger partial charge in [0, 0.05) is 21.7 Å². The average molecular weight is 357 g/mol. The van der Waals surface area contributed by atoms with E-state index < -0.39 is 0 Å². The van der Waals surface area contributed by atoms with Gasteiger partial charge in [-0.25, -0.2) is 0 Å². The molecule has 24 heavy (non-hydrogen) atoms. The van der Waals surface area contributed by atoms with Crippen molar-refractivity contribution < 1.29 is 9.90 Å². The lowest BCUT2D eigenvalue weighted by atomic mass is 10.1. The number of fused-ring (bicyclic) bond motifs is 1. The number of aromatic hydroxyl groups is 1. The van der Waals surface area contributed by atoms with Gasteiger partial charge in [0.25, 0.3) is 5.91 Å². The zero-order valence-electron chi connectivity index (χ0n) is 12.4. The Bertz CT molecular complexity index is 943. The molecule has 0 aliphatic rings. The third-order valence-electron chi connectivity index (χ3n) is 3.43. The van der Waals surface area contributed by atoms with Crippen molar-refractivity contribution >= 4 is 51.3 Å². The molecule has 0 unspecified atom stereocenters. The quantitative estimate of drug-likeness (QED) is 0.598. The molecule has 1 amide bonds. The third kappa shape index (κ3) is 3.64. The Kier molecular flexibility index (Phi) is 4.64. The highest BCUT2D eigenvalue weighted by atomic mass is 35.5. The minimum atomic E-state index is -0.340. The van der Waals surface area contributed by atoms with Crippen LogP contribution in [-0.2, 0) is 0 Å². The van der Waals surface area contributed by atoms with Crippen molar-refractivity contribution in [3.8, 4) is 5.75 Å². The third-order valence-corrected chi connectivity index (χ3v) is 3.87. The number of carbonyl (C=O) groups excluding carboxylic acids is 1. The highest BCUT2D eigenvalue weighted by Gasteiger charge is 2.09. The minimum absolute atomic E-state index is 0.181. The van der Waals surface area contributed by atoms with E-state index in [1.165, 1.54) is 0 Å². The van der Waals surface area contributed by atoms with E-state index in [1.807, 2.05) is 18.2 Å². The Hall–Kier alpha value is -2.63. The van der Waals surface area contributed by atoms with Gasteiger partial charge in [0.05, 0.1) is 0 Å². The van der Waals surface area contributed by atoms with Crippen LogP contribution >= 0.6 is 23.8 Å². The molecule has 0 heterocycles. The first-order valence-corrected chi connectivity index (χ1v) is 7.91. The van der Waals surface area contributed by atoms with Gasteiger partial charge in [-0.2, -0.15) is 0 Å². The molecule has 0 saturated heterocycles. The fourth-order valence-electron chi connectivity index (χ4n) is 2.34. The smallest absolute Gasteiger partial charge is 0.257 e. The maximum Gasteiger partial charge on any atom is 0.257 e. The number of anilines is 1. The molecule has 4 nitrogen and oxygen atoms in total. The fraction of sp³-hybridized carbons (Fsp3) is 0. The predicted octanol–water partition coefficient (Wildman–Crippen LogP) is 4.33. The van der Waals surface area contributed by atoms with Crippen LogP contribution in [0.2, 0.25) is 5.02 Å². The molecule has 3 N–H and O–H groups in total. The van der Waals surface area contributed by atoms with E-state index in [1.54, 1.807) is 42.5 Å². The Morgan fingerprint density at radius 2 is 1.83 bits per heavy atom. The van der Waals surface area contributed by atoms with E-state index in [-0.39, 0.29) is 16.8 Å². The summed E-state index contributed by atoms with van der Waals surface area (Å²) in [7, 11) is 0. The topological polar surface area (TPSA) is 61.4 Å². The van der Waals surface area contributed by atoms with Crippen molar-refractivity contribution in [1.82, 2.24) is 5.32 Å². The first-order valence-electron chi connectivity index (χ1n) is 7.12. The Labute approximate surface area is 149 Å². The molecular weight excluding hydrogens is 344 g/mol. The number of rotatable bonds is 2. The number of hydrogen-bond acceptors (Lipinski definition) is 3. The van der Waals surface area contributed by atoms with Gasteiger partial charge in [0.2, 0.25) is 0 Å². The normalized spacial score (nSPS) is 10.4. The lowest BCUT2D eigenvalue weighted by Crippen LogP contribution is -2.34. The molecule has 6 heteroatoms. The Morgan fingerprint density at radius 3 is 2.62 bits per heavy atom. The van der Waals surface area contributed by atoms with Crippen LogP contribution in [0.5, 0.6) is 5.75 Å². The van der Waals surface area contributed by atoms with E-state index in [9.17, 15) is 9.90 Å². The molecule has 0 radical (unpaired) electrons. The summed E-state index contributed by atoms with van der Waals surface area (Å²) in [5.41, 5.74) is 1.17. The van der Waals surface area contributed by atoms with Crippen LogP contribution in [0.15, 0.2) is 60.7 Å². The highest BCUT2D eigenvalue weighted by Crippen LogP contribution is 2.26. The van der Waals surface area contributed by atoms with Gasteiger partial charge in [0.15, 0.2) is 5.11 Å². The van der Waals surface area contributed by atoms with Crippen LogP contribution in [0.1, 0.15) is 10.4 Å². The zero-order valence-corrected chi connectivity index (χ0v) is 14.0. The highest BCUT2D eigenvalue weighted by molar-refractivity contribution is 7.80. The molecule has 0 atom stereocenters. The number of phenols is 1. The minimum Gasteiger partial charge on any atom is -0.508 e. The van der Waals surface area contributed by atoms with Gasteiger partial charge >= 0.3 is 0 Å². The monoisotopic (exact) mass is 356 g/mol. The molecule has 0 aromatic heterocycles. The summed E-state index contributed by atoms with van der Waals surface area (Å²) in [4.78, 5) is 12.2. The summed E-state index contributed by atoms with van der Waals surface area (Å²) in [6, 6.07) is 17.2. The molecule has 0 spiro atoms. The molecule has 0 fully saturated rings. The zero-order chi connectivity index (χ0) is 17.1. The number of phenolic OH excluding ortho intramolecular Hbond substituents is 1. The number of thiocarbonyl (C=S) groups is 1. The number of benzene rings is 3. The lowest BCUT2D eigenvalue weighted by Gasteiger charge is -2.12.